The second kappa shape index (κ2) is 5.70. The second-order valence-electron chi connectivity index (χ2n) is 3.86. The minimum absolute atomic E-state index is 0.223. The average Bonchev–Trinajstić information content (AvgIpc) is 2.78. The molecule has 0 saturated heterocycles. The minimum atomic E-state index is 0.223. The standard InChI is InChI=1S/C11H17N3S2/c1-2-4-15-8-9(12)6-10-7-14-3-5-16-11(14)13-10/h3,5,7,9H,2,4,6,8,12H2,1H3. The Morgan fingerprint density at radius 3 is 3.25 bits per heavy atom. The van der Waals surface area contributed by atoms with E-state index in [1.54, 1.807) is 11.3 Å². The summed E-state index contributed by atoms with van der Waals surface area (Å²) in [5, 5.41) is 2.04. The lowest BCUT2D eigenvalue weighted by molar-refractivity contribution is 0.736. The van der Waals surface area contributed by atoms with Gasteiger partial charge in [0.05, 0.1) is 5.69 Å². The molecule has 3 nitrogen and oxygen atoms in total. The molecular formula is C11H17N3S2. The van der Waals surface area contributed by atoms with E-state index in [2.05, 4.69) is 22.5 Å². The zero-order chi connectivity index (χ0) is 11.4. The lowest BCUT2D eigenvalue weighted by Gasteiger charge is -2.08. The van der Waals surface area contributed by atoms with Gasteiger partial charge in [0.1, 0.15) is 0 Å². The lowest BCUT2D eigenvalue weighted by Crippen LogP contribution is -2.25. The first-order valence-electron chi connectivity index (χ1n) is 5.54. The Bertz CT molecular complexity index is 407. The molecule has 0 aromatic carbocycles. The molecular weight excluding hydrogens is 238 g/mol. The van der Waals surface area contributed by atoms with Crippen LogP contribution in [-0.4, -0.2) is 26.9 Å². The van der Waals surface area contributed by atoms with Gasteiger partial charge in [0.25, 0.3) is 0 Å². The molecule has 1 unspecified atom stereocenters. The number of hydrogen-bond donors (Lipinski definition) is 1. The Hall–Kier alpha value is -0.520. The largest absolute Gasteiger partial charge is 0.327 e. The summed E-state index contributed by atoms with van der Waals surface area (Å²) >= 11 is 3.60. The van der Waals surface area contributed by atoms with Crippen LogP contribution in [0.25, 0.3) is 4.96 Å². The minimum Gasteiger partial charge on any atom is -0.327 e. The van der Waals surface area contributed by atoms with Crippen LogP contribution >= 0.6 is 23.1 Å². The van der Waals surface area contributed by atoms with Gasteiger partial charge in [0, 0.05) is 36.0 Å². The summed E-state index contributed by atoms with van der Waals surface area (Å²) in [6, 6.07) is 0.223. The maximum atomic E-state index is 6.07. The van der Waals surface area contributed by atoms with Crippen LogP contribution in [0, 0.1) is 0 Å². The number of nitrogens with zero attached hydrogens (tertiary/aromatic N) is 2. The van der Waals surface area contributed by atoms with Gasteiger partial charge in [0.2, 0.25) is 0 Å². The molecule has 0 saturated carbocycles. The molecule has 0 fully saturated rings. The summed E-state index contributed by atoms with van der Waals surface area (Å²) in [5.41, 5.74) is 7.18. The summed E-state index contributed by atoms with van der Waals surface area (Å²) < 4.78 is 2.06. The molecule has 2 aromatic heterocycles. The predicted molar refractivity (Wildman–Crippen MR) is 72.4 cm³/mol. The van der Waals surface area contributed by atoms with E-state index in [4.69, 9.17) is 5.73 Å². The first-order valence-corrected chi connectivity index (χ1v) is 7.57. The number of fused-ring (bicyclic) bond motifs is 1. The van der Waals surface area contributed by atoms with Gasteiger partial charge in [-0.1, -0.05) is 6.92 Å². The molecule has 0 aliphatic heterocycles. The van der Waals surface area contributed by atoms with E-state index in [0.29, 0.717) is 0 Å². The zero-order valence-electron chi connectivity index (χ0n) is 9.43. The van der Waals surface area contributed by atoms with Gasteiger partial charge in [-0.2, -0.15) is 11.8 Å². The highest BCUT2D eigenvalue weighted by Crippen LogP contribution is 2.13. The third-order valence-corrected chi connectivity index (χ3v) is 4.43. The third kappa shape index (κ3) is 2.99. The van der Waals surface area contributed by atoms with Crippen LogP contribution in [0.5, 0.6) is 0 Å². The van der Waals surface area contributed by atoms with Crippen LogP contribution < -0.4 is 5.73 Å². The predicted octanol–water partition coefficient (Wildman–Crippen LogP) is 2.41. The van der Waals surface area contributed by atoms with E-state index >= 15 is 0 Å². The summed E-state index contributed by atoms with van der Waals surface area (Å²) in [5.74, 6) is 2.23. The third-order valence-electron chi connectivity index (χ3n) is 2.29. The number of thiazole rings is 1. The number of nitrogens with two attached hydrogens (primary N) is 1. The normalized spacial score (nSPS) is 13.4. The number of imidazole rings is 1. The monoisotopic (exact) mass is 255 g/mol. The van der Waals surface area contributed by atoms with E-state index in [1.807, 2.05) is 23.3 Å². The van der Waals surface area contributed by atoms with Crippen molar-refractivity contribution in [1.82, 2.24) is 9.38 Å². The quantitative estimate of drug-likeness (QED) is 0.806. The molecule has 2 heterocycles. The van der Waals surface area contributed by atoms with Crippen LogP contribution in [-0.2, 0) is 6.42 Å². The molecule has 5 heteroatoms. The molecule has 0 bridgehead atoms. The summed E-state index contributed by atoms with van der Waals surface area (Å²) in [4.78, 5) is 5.59. The topological polar surface area (TPSA) is 43.3 Å². The molecule has 2 rings (SSSR count). The first-order chi connectivity index (χ1) is 7.79. The molecule has 88 valence electrons. The molecule has 1 atom stereocenters. The van der Waals surface area contributed by atoms with Gasteiger partial charge in [-0.3, -0.25) is 4.40 Å². The maximum absolute atomic E-state index is 6.07. The molecule has 0 radical (unpaired) electrons. The van der Waals surface area contributed by atoms with Gasteiger partial charge in [-0.15, -0.1) is 11.3 Å². The van der Waals surface area contributed by atoms with Crippen LogP contribution in [0.15, 0.2) is 17.8 Å². The van der Waals surface area contributed by atoms with Crippen molar-refractivity contribution in [3.05, 3.63) is 23.5 Å². The van der Waals surface area contributed by atoms with Crippen LogP contribution in [0.2, 0.25) is 0 Å². The van der Waals surface area contributed by atoms with Crippen LogP contribution in [0.1, 0.15) is 19.0 Å². The van der Waals surface area contributed by atoms with Gasteiger partial charge >= 0.3 is 0 Å². The summed E-state index contributed by atoms with van der Waals surface area (Å²) in [6.45, 7) is 2.20. The molecule has 0 aliphatic rings. The Morgan fingerprint density at radius 1 is 1.62 bits per heavy atom. The molecule has 2 aromatic rings. The number of hydrogen-bond acceptors (Lipinski definition) is 4. The summed E-state index contributed by atoms with van der Waals surface area (Å²) in [7, 11) is 0. The fourth-order valence-electron chi connectivity index (χ4n) is 1.58. The zero-order valence-corrected chi connectivity index (χ0v) is 11.1. The highest BCUT2D eigenvalue weighted by atomic mass is 32.2. The van der Waals surface area contributed by atoms with Gasteiger partial charge in [0.15, 0.2) is 4.96 Å². The van der Waals surface area contributed by atoms with E-state index in [-0.39, 0.29) is 6.04 Å². The number of thioether (sulfide) groups is 1. The van der Waals surface area contributed by atoms with Crippen molar-refractivity contribution >= 4 is 28.1 Å². The molecule has 0 aliphatic carbocycles. The fraction of sp³-hybridized carbons (Fsp3) is 0.545. The molecule has 0 amide bonds. The smallest absolute Gasteiger partial charge is 0.193 e. The first kappa shape index (κ1) is 12.0. The van der Waals surface area contributed by atoms with E-state index in [0.717, 1.165) is 22.8 Å². The number of rotatable bonds is 6. The lowest BCUT2D eigenvalue weighted by atomic mass is 10.2. The van der Waals surface area contributed by atoms with Crippen LogP contribution in [0.3, 0.4) is 0 Å². The summed E-state index contributed by atoms with van der Waals surface area (Å²) in [6.07, 6.45) is 6.22. The Kier molecular flexibility index (Phi) is 4.26. The van der Waals surface area contributed by atoms with Gasteiger partial charge < -0.3 is 5.73 Å². The maximum Gasteiger partial charge on any atom is 0.193 e. The van der Waals surface area contributed by atoms with E-state index < -0.39 is 0 Å². The molecule has 2 N–H and O–H groups in total. The fourth-order valence-corrected chi connectivity index (χ4v) is 3.18. The van der Waals surface area contributed by atoms with E-state index in [1.165, 1.54) is 12.2 Å². The van der Waals surface area contributed by atoms with Crippen molar-refractivity contribution in [2.45, 2.75) is 25.8 Å². The van der Waals surface area contributed by atoms with Crippen molar-refractivity contribution in [2.75, 3.05) is 11.5 Å². The SMILES string of the molecule is CCCSCC(N)Cc1cn2ccsc2n1. The second-order valence-corrected chi connectivity index (χ2v) is 5.89. The average molecular weight is 255 g/mol. The van der Waals surface area contributed by atoms with Crippen molar-refractivity contribution in [2.24, 2.45) is 5.73 Å². The Morgan fingerprint density at radius 2 is 2.50 bits per heavy atom. The van der Waals surface area contributed by atoms with Crippen molar-refractivity contribution in [1.29, 1.82) is 0 Å². The number of aromatic nitrogens is 2. The van der Waals surface area contributed by atoms with Gasteiger partial charge in [-0.25, -0.2) is 4.98 Å². The van der Waals surface area contributed by atoms with Crippen LogP contribution in [0.4, 0.5) is 0 Å². The van der Waals surface area contributed by atoms with E-state index in [9.17, 15) is 0 Å². The Labute approximate surface area is 104 Å². The van der Waals surface area contributed by atoms with Gasteiger partial charge in [-0.05, 0) is 12.2 Å². The Balaban J connectivity index is 1.86. The molecule has 0 spiro atoms. The van der Waals surface area contributed by atoms with Crippen molar-refractivity contribution in [3.63, 3.8) is 0 Å². The highest BCUT2D eigenvalue weighted by Gasteiger charge is 2.08. The van der Waals surface area contributed by atoms with Crippen molar-refractivity contribution < 1.29 is 0 Å². The van der Waals surface area contributed by atoms with Crippen molar-refractivity contribution in [3.8, 4) is 0 Å². The highest BCUT2D eigenvalue weighted by molar-refractivity contribution is 7.99. The molecule has 16 heavy (non-hydrogen) atoms.